The third-order valence-corrected chi connectivity index (χ3v) is 2.25. The largest absolute Gasteiger partial charge is 0.460 e. The van der Waals surface area contributed by atoms with Crippen molar-refractivity contribution < 1.29 is 19.7 Å². The Labute approximate surface area is 107 Å². The van der Waals surface area contributed by atoms with E-state index < -0.39 is 18.2 Å². The summed E-state index contributed by atoms with van der Waals surface area (Å²) in [5.41, 5.74) is 0.590. The van der Waals surface area contributed by atoms with E-state index in [4.69, 9.17) is 4.74 Å². The lowest BCUT2D eigenvalue weighted by Gasteiger charge is -2.14. The zero-order valence-corrected chi connectivity index (χ0v) is 10.5. The monoisotopic (exact) mass is 250 g/mol. The molecule has 0 saturated heterocycles. The van der Waals surface area contributed by atoms with Crippen LogP contribution in [0.1, 0.15) is 25.5 Å². The van der Waals surface area contributed by atoms with Crippen LogP contribution in [0.2, 0.25) is 0 Å². The van der Waals surface area contributed by atoms with Crippen molar-refractivity contribution >= 4 is 5.97 Å². The van der Waals surface area contributed by atoms with Crippen molar-refractivity contribution in [1.82, 2.24) is 0 Å². The number of carbonyl (C=O) groups excluding carboxylic acids is 1. The number of aliphatic hydroxyl groups is 2. The molecule has 0 spiro atoms. The van der Waals surface area contributed by atoms with Gasteiger partial charge in [0.25, 0.3) is 0 Å². The zero-order chi connectivity index (χ0) is 13.5. The fraction of sp³-hybridized carbons (Fsp3) is 0.357. The number of esters is 1. The minimum absolute atomic E-state index is 0.210. The molecule has 1 aromatic rings. The van der Waals surface area contributed by atoms with Crippen molar-refractivity contribution in [3.63, 3.8) is 0 Å². The first-order valence-electron chi connectivity index (χ1n) is 5.80. The van der Waals surface area contributed by atoms with Gasteiger partial charge in [-0.15, -0.1) is 0 Å². The topological polar surface area (TPSA) is 66.8 Å². The van der Waals surface area contributed by atoms with Gasteiger partial charge in [-0.05, 0) is 25.5 Å². The van der Waals surface area contributed by atoms with E-state index in [-0.39, 0.29) is 6.10 Å². The molecular formula is C14H18O4. The van der Waals surface area contributed by atoms with E-state index in [1.807, 2.05) is 6.07 Å². The van der Waals surface area contributed by atoms with E-state index in [0.717, 1.165) is 6.08 Å². The molecule has 0 unspecified atom stereocenters. The number of carbonyl (C=O) groups is 1. The second kappa shape index (κ2) is 6.93. The summed E-state index contributed by atoms with van der Waals surface area (Å²) in [6, 6.07) is 8.75. The van der Waals surface area contributed by atoms with Gasteiger partial charge in [0.1, 0.15) is 12.2 Å². The minimum Gasteiger partial charge on any atom is -0.460 e. The number of benzene rings is 1. The van der Waals surface area contributed by atoms with E-state index >= 15 is 0 Å². The van der Waals surface area contributed by atoms with E-state index in [9.17, 15) is 15.0 Å². The van der Waals surface area contributed by atoms with Crippen LogP contribution >= 0.6 is 0 Å². The molecule has 0 radical (unpaired) electrons. The standard InChI is InChI=1S/C14H18O4/c1-10(2)18-13(16)9-8-12(15)14(17)11-6-4-3-5-7-11/h3-10,12,14-15,17H,1-2H3/b9-8+/t12-,14-/m1/s1. The Morgan fingerprint density at radius 2 is 1.83 bits per heavy atom. The summed E-state index contributed by atoms with van der Waals surface area (Å²) in [7, 11) is 0. The summed E-state index contributed by atoms with van der Waals surface area (Å²) < 4.78 is 4.87. The molecule has 0 heterocycles. The second-order valence-electron chi connectivity index (χ2n) is 4.19. The Morgan fingerprint density at radius 3 is 2.39 bits per heavy atom. The summed E-state index contributed by atoms with van der Waals surface area (Å²) in [6.07, 6.45) is -0.0705. The lowest BCUT2D eigenvalue weighted by Crippen LogP contribution is -2.16. The van der Waals surface area contributed by atoms with E-state index in [0.29, 0.717) is 5.56 Å². The van der Waals surface area contributed by atoms with Gasteiger partial charge in [-0.3, -0.25) is 0 Å². The average Bonchev–Trinajstić information content (AvgIpc) is 2.35. The molecule has 0 aliphatic rings. The van der Waals surface area contributed by atoms with Gasteiger partial charge >= 0.3 is 5.97 Å². The molecule has 0 aliphatic carbocycles. The van der Waals surface area contributed by atoms with Gasteiger partial charge in [0, 0.05) is 6.08 Å². The van der Waals surface area contributed by atoms with Gasteiger partial charge in [-0.25, -0.2) is 4.79 Å². The SMILES string of the molecule is CC(C)OC(=O)/C=C/[C@@H](O)[C@H](O)c1ccccc1. The normalized spacial score (nSPS) is 14.7. The van der Waals surface area contributed by atoms with Gasteiger partial charge < -0.3 is 14.9 Å². The van der Waals surface area contributed by atoms with Crippen LogP contribution in [0.5, 0.6) is 0 Å². The second-order valence-corrected chi connectivity index (χ2v) is 4.19. The van der Waals surface area contributed by atoms with Crippen molar-refractivity contribution in [3.8, 4) is 0 Å². The Hall–Kier alpha value is -1.65. The molecule has 98 valence electrons. The first kappa shape index (κ1) is 14.4. The Morgan fingerprint density at radius 1 is 1.22 bits per heavy atom. The summed E-state index contributed by atoms with van der Waals surface area (Å²) in [5.74, 6) is -0.538. The number of hydrogen-bond acceptors (Lipinski definition) is 4. The van der Waals surface area contributed by atoms with Crippen LogP contribution in [0.4, 0.5) is 0 Å². The molecule has 18 heavy (non-hydrogen) atoms. The lowest BCUT2D eigenvalue weighted by molar-refractivity contribution is -0.141. The summed E-state index contributed by atoms with van der Waals surface area (Å²) in [4.78, 5) is 11.2. The van der Waals surface area contributed by atoms with Gasteiger partial charge in [-0.1, -0.05) is 30.3 Å². The smallest absolute Gasteiger partial charge is 0.330 e. The molecule has 0 bridgehead atoms. The summed E-state index contributed by atoms with van der Waals surface area (Å²) in [6.45, 7) is 3.47. The van der Waals surface area contributed by atoms with Gasteiger partial charge in [0.15, 0.2) is 0 Å². The van der Waals surface area contributed by atoms with Crippen molar-refractivity contribution in [1.29, 1.82) is 0 Å². The quantitative estimate of drug-likeness (QED) is 0.615. The fourth-order valence-corrected chi connectivity index (χ4v) is 1.40. The van der Waals surface area contributed by atoms with Crippen LogP contribution in [0.25, 0.3) is 0 Å². The predicted octanol–water partition coefficient (Wildman–Crippen LogP) is 1.59. The maximum Gasteiger partial charge on any atom is 0.330 e. The van der Waals surface area contributed by atoms with Gasteiger partial charge in [0.05, 0.1) is 6.10 Å². The molecule has 0 amide bonds. The van der Waals surface area contributed by atoms with Crippen LogP contribution in [-0.2, 0) is 9.53 Å². The molecule has 0 aromatic heterocycles. The zero-order valence-electron chi connectivity index (χ0n) is 10.5. The maximum atomic E-state index is 11.2. The van der Waals surface area contributed by atoms with Crippen molar-refractivity contribution in [3.05, 3.63) is 48.0 Å². The summed E-state index contributed by atoms with van der Waals surface area (Å²) in [5, 5.41) is 19.5. The Balaban J connectivity index is 2.57. The van der Waals surface area contributed by atoms with Crippen molar-refractivity contribution in [2.24, 2.45) is 0 Å². The van der Waals surface area contributed by atoms with Crippen LogP contribution in [0, 0.1) is 0 Å². The third kappa shape index (κ3) is 4.69. The van der Waals surface area contributed by atoms with Crippen LogP contribution in [0.3, 0.4) is 0 Å². The average molecular weight is 250 g/mol. The molecule has 1 aromatic carbocycles. The molecular weight excluding hydrogens is 232 g/mol. The van der Waals surface area contributed by atoms with Crippen LogP contribution < -0.4 is 0 Å². The molecule has 0 fully saturated rings. The molecule has 1 rings (SSSR count). The minimum atomic E-state index is -1.15. The van der Waals surface area contributed by atoms with Crippen molar-refractivity contribution in [2.75, 3.05) is 0 Å². The number of ether oxygens (including phenoxy) is 1. The van der Waals surface area contributed by atoms with E-state index in [1.54, 1.807) is 38.1 Å². The fourth-order valence-electron chi connectivity index (χ4n) is 1.40. The molecule has 4 heteroatoms. The number of rotatable bonds is 5. The van der Waals surface area contributed by atoms with Crippen molar-refractivity contribution in [2.45, 2.75) is 32.2 Å². The predicted molar refractivity (Wildman–Crippen MR) is 67.8 cm³/mol. The summed E-state index contributed by atoms with van der Waals surface area (Å²) >= 11 is 0. The number of aliphatic hydroxyl groups excluding tert-OH is 2. The van der Waals surface area contributed by atoms with E-state index in [1.165, 1.54) is 6.08 Å². The molecule has 4 nitrogen and oxygen atoms in total. The van der Waals surface area contributed by atoms with Crippen LogP contribution in [0.15, 0.2) is 42.5 Å². The Kier molecular flexibility index (Phi) is 5.55. The lowest BCUT2D eigenvalue weighted by atomic mass is 10.0. The van der Waals surface area contributed by atoms with Gasteiger partial charge in [-0.2, -0.15) is 0 Å². The highest BCUT2D eigenvalue weighted by Gasteiger charge is 2.15. The molecule has 0 aliphatic heterocycles. The molecule has 2 N–H and O–H groups in total. The maximum absolute atomic E-state index is 11.2. The highest BCUT2D eigenvalue weighted by Crippen LogP contribution is 2.17. The van der Waals surface area contributed by atoms with E-state index in [2.05, 4.69) is 0 Å². The third-order valence-electron chi connectivity index (χ3n) is 2.25. The Bertz CT molecular complexity index is 398. The number of hydrogen-bond donors (Lipinski definition) is 2. The highest BCUT2D eigenvalue weighted by molar-refractivity contribution is 5.82. The van der Waals surface area contributed by atoms with Gasteiger partial charge in [0.2, 0.25) is 0 Å². The molecule has 2 atom stereocenters. The molecule has 0 saturated carbocycles. The first-order valence-corrected chi connectivity index (χ1v) is 5.80. The first-order chi connectivity index (χ1) is 8.50. The highest BCUT2D eigenvalue weighted by atomic mass is 16.5. The van der Waals surface area contributed by atoms with Crippen LogP contribution in [-0.4, -0.2) is 28.4 Å².